The number of aryl methyl sites for hydroxylation is 1. The Kier molecular flexibility index (Phi) is 5.61. The van der Waals surface area contributed by atoms with E-state index in [2.05, 4.69) is 5.32 Å². The molecule has 2 aromatic rings. The van der Waals surface area contributed by atoms with Gasteiger partial charge in [0, 0.05) is 22.1 Å². The van der Waals surface area contributed by atoms with E-state index in [1.165, 1.54) is 0 Å². The van der Waals surface area contributed by atoms with Crippen LogP contribution in [0.1, 0.15) is 15.9 Å². The molecule has 0 spiro atoms. The van der Waals surface area contributed by atoms with Gasteiger partial charge < -0.3 is 5.32 Å². The minimum Gasteiger partial charge on any atom is -0.325 e. The van der Waals surface area contributed by atoms with Crippen molar-refractivity contribution in [3.8, 4) is 0 Å². The predicted molar refractivity (Wildman–Crippen MR) is 88.5 cm³/mol. The third-order valence-corrected chi connectivity index (χ3v) is 4.18. The maximum atomic E-state index is 12.0. The highest BCUT2D eigenvalue weighted by atomic mass is 32.2. The molecule has 4 nitrogen and oxygen atoms in total. The number of carbonyl (C=O) groups is 2. The first-order valence-electron chi connectivity index (χ1n) is 6.84. The van der Waals surface area contributed by atoms with Crippen molar-refractivity contribution in [1.29, 1.82) is 0 Å². The van der Waals surface area contributed by atoms with Crippen molar-refractivity contribution < 1.29 is 13.8 Å². The topological polar surface area (TPSA) is 63.2 Å². The van der Waals surface area contributed by atoms with Crippen molar-refractivity contribution >= 4 is 28.2 Å². The molecular formula is C17H17NO3S. The summed E-state index contributed by atoms with van der Waals surface area (Å²) in [5.41, 5.74) is 2.22. The summed E-state index contributed by atoms with van der Waals surface area (Å²) in [4.78, 5) is 23.8. The van der Waals surface area contributed by atoms with Gasteiger partial charge in [0.1, 0.15) is 5.75 Å². The molecule has 2 aromatic carbocycles. The van der Waals surface area contributed by atoms with Gasteiger partial charge in [-0.25, -0.2) is 0 Å². The zero-order valence-electron chi connectivity index (χ0n) is 12.2. The molecule has 22 heavy (non-hydrogen) atoms. The number of ketones is 1. The summed E-state index contributed by atoms with van der Waals surface area (Å²) in [6.07, 6.45) is 0. The van der Waals surface area contributed by atoms with Gasteiger partial charge in [0.15, 0.2) is 5.78 Å². The van der Waals surface area contributed by atoms with Gasteiger partial charge in [-0.3, -0.25) is 13.8 Å². The summed E-state index contributed by atoms with van der Waals surface area (Å²) in [6.45, 7) is 1.93. The molecule has 0 aliphatic heterocycles. The van der Waals surface area contributed by atoms with Crippen LogP contribution >= 0.6 is 0 Å². The summed E-state index contributed by atoms with van der Waals surface area (Å²) < 4.78 is 11.9. The van der Waals surface area contributed by atoms with E-state index in [0.717, 1.165) is 5.56 Å². The lowest BCUT2D eigenvalue weighted by atomic mass is 10.1. The van der Waals surface area contributed by atoms with Crippen molar-refractivity contribution in [1.82, 2.24) is 0 Å². The van der Waals surface area contributed by atoms with Gasteiger partial charge in [-0.05, 0) is 19.1 Å². The molecule has 0 bridgehead atoms. The van der Waals surface area contributed by atoms with Crippen molar-refractivity contribution in [3.05, 3.63) is 65.7 Å². The zero-order chi connectivity index (χ0) is 15.9. The molecule has 0 heterocycles. The molecule has 0 aliphatic rings. The van der Waals surface area contributed by atoms with Crippen molar-refractivity contribution in [2.75, 3.05) is 16.8 Å². The van der Waals surface area contributed by atoms with Crippen LogP contribution in [0.2, 0.25) is 0 Å². The lowest BCUT2D eigenvalue weighted by molar-refractivity contribution is -0.113. The van der Waals surface area contributed by atoms with Crippen LogP contribution in [0.5, 0.6) is 0 Å². The van der Waals surface area contributed by atoms with E-state index in [-0.39, 0.29) is 23.2 Å². The van der Waals surface area contributed by atoms with Gasteiger partial charge in [-0.15, -0.1) is 0 Å². The number of anilines is 1. The molecule has 1 unspecified atom stereocenters. The highest BCUT2D eigenvalue weighted by molar-refractivity contribution is 7.86. The molecule has 0 saturated carbocycles. The second-order valence-electron chi connectivity index (χ2n) is 4.93. The molecule has 1 N–H and O–H groups in total. The fraction of sp³-hybridized carbons (Fsp3) is 0.176. The Bertz CT molecular complexity index is 681. The Morgan fingerprint density at radius 2 is 1.59 bits per heavy atom. The van der Waals surface area contributed by atoms with Gasteiger partial charge in [0.2, 0.25) is 5.91 Å². The standard InChI is InChI=1S/C17H17NO3S/c1-13-7-9-14(10-8-13)16(19)11-22(21)12-17(20)18-15-5-3-2-4-6-15/h2-10H,11-12H2,1H3,(H,18,20). The maximum absolute atomic E-state index is 12.0. The third kappa shape index (κ3) is 4.93. The third-order valence-electron chi connectivity index (χ3n) is 3.02. The van der Waals surface area contributed by atoms with Crippen molar-refractivity contribution in [2.24, 2.45) is 0 Å². The fourth-order valence-electron chi connectivity index (χ4n) is 1.88. The second-order valence-corrected chi connectivity index (χ2v) is 6.39. The van der Waals surface area contributed by atoms with Crippen LogP contribution in [0.3, 0.4) is 0 Å². The number of Topliss-reactive ketones (excluding diaryl/α,β-unsaturated/α-hetero) is 1. The van der Waals surface area contributed by atoms with Gasteiger partial charge in [0.05, 0.1) is 5.75 Å². The van der Waals surface area contributed by atoms with Crippen LogP contribution in [0, 0.1) is 6.92 Å². The summed E-state index contributed by atoms with van der Waals surface area (Å²) in [5.74, 6) is -0.912. The van der Waals surface area contributed by atoms with Crippen LogP contribution in [0.25, 0.3) is 0 Å². The van der Waals surface area contributed by atoms with E-state index in [0.29, 0.717) is 11.3 Å². The number of benzene rings is 2. The first-order chi connectivity index (χ1) is 10.5. The Hall–Kier alpha value is -2.27. The zero-order valence-corrected chi connectivity index (χ0v) is 13.1. The first kappa shape index (κ1) is 16.1. The highest BCUT2D eigenvalue weighted by Crippen LogP contribution is 2.07. The molecule has 0 aromatic heterocycles. The van der Waals surface area contributed by atoms with Crippen LogP contribution in [0.4, 0.5) is 5.69 Å². The maximum Gasteiger partial charge on any atom is 0.237 e. The van der Waals surface area contributed by atoms with E-state index in [1.54, 1.807) is 36.4 Å². The molecule has 1 amide bonds. The lowest BCUT2D eigenvalue weighted by Gasteiger charge is -2.05. The molecule has 1 atom stereocenters. The van der Waals surface area contributed by atoms with Crippen molar-refractivity contribution in [3.63, 3.8) is 0 Å². The number of hydrogen-bond donors (Lipinski definition) is 1. The summed E-state index contributed by atoms with van der Waals surface area (Å²) in [7, 11) is -1.52. The Balaban J connectivity index is 1.86. The average molecular weight is 315 g/mol. The number of nitrogens with one attached hydrogen (secondary N) is 1. The van der Waals surface area contributed by atoms with E-state index >= 15 is 0 Å². The number of para-hydroxylation sites is 1. The molecule has 0 radical (unpaired) electrons. The summed E-state index contributed by atoms with van der Waals surface area (Å²) in [6, 6.07) is 16.0. The Labute approximate surface area is 132 Å². The number of rotatable bonds is 6. The van der Waals surface area contributed by atoms with Gasteiger partial charge >= 0.3 is 0 Å². The average Bonchev–Trinajstić information content (AvgIpc) is 2.48. The molecule has 114 valence electrons. The van der Waals surface area contributed by atoms with E-state index in [4.69, 9.17) is 0 Å². The molecule has 2 rings (SSSR count). The minimum atomic E-state index is -1.52. The van der Waals surface area contributed by atoms with Crippen LogP contribution in [-0.4, -0.2) is 27.4 Å². The SMILES string of the molecule is Cc1ccc(C(=O)CS(=O)CC(=O)Nc2ccccc2)cc1. The van der Waals surface area contributed by atoms with Crippen LogP contribution < -0.4 is 5.32 Å². The molecule has 0 aliphatic carbocycles. The van der Waals surface area contributed by atoms with Crippen LogP contribution in [-0.2, 0) is 15.6 Å². The minimum absolute atomic E-state index is 0.148. The lowest BCUT2D eigenvalue weighted by Crippen LogP contribution is -2.23. The highest BCUT2D eigenvalue weighted by Gasteiger charge is 2.14. The fourth-order valence-corrected chi connectivity index (χ4v) is 2.81. The summed E-state index contributed by atoms with van der Waals surface area (Å²) in [5, 5.41) is 2.65. The van der Waals surface area contributed by atoms with E-state index in [1.807, 2.05) is 25.1 Å². The number of carbonyl (C=O) groups excluding carboxylic acids is 2. The summed E-state index contributed by atoms with van der Waals surface area (Å²) >= 11 is 0. The van der Waals surface area contributed by atoms with E-state index < -0.39 is 10.8 Å². The first-order valence-corrected chi connectivity index (χ1v) is 8.33. The normalized spacial score (nSPS) is 11.7. The largest absolute Gasteiger partial charge is 0.325 e. The Morgan fingerprint density at radius 3 is 2.23 bits per heavy atom. The second kappa shape index (κ2) is 7.66. The molecule has 0 saturated heterocycles. The van der Waals surface area contributed by atoms with Gasteiger partial charge in [-0.1, -0.05) is 48.0 Å². The molecule has 0 fully saturated rings. The van der Waals surface area contributed by atoms with Crippen molar-refractivity contribution in [2.45, 2.75) is 6.92 Å². The van der Waals surface area contributed by atoms with Crippen LogP contribution in [0.15, 0.2) is 54.6 Å². The monoisotopic (exact) mass is 315 g/mol. The number of amides is 1. The molecular weight excluding hydrogens is 298 g/mol. The van der Waals surface area contributed by atoms with E-state index in [9.17, 15) is 13.8 Å². The predicted octanol–water partition coefficient (Wildman–Crippen LogP) is 2.57. The smallest absolute Gasteiger partial charge is 0.237 e. The quantitative estimate of drug-likeness (QED) is 0.833. The Morgan fingerprint density at radius 1 is 0.955 bits per heavy atom. The molecule has 5 heteroatoms. The number of hydrogen-bond acceptors (Lipinski definition) is 3. The van der Waals surface area contributed by atoms with Gasteiger partial charge in [-0.2, -0.15) is 0 Å². The van der Waals surface area contributed by atoms with Gasteiger partial charge in [0.25, 0.3) is 0 Å².